The maximum Gasteiger partial charge on any atom is 0.212 e. The minimum absolute atomic E-state index is 0.921. The van der Waals surface area contributed by atoms with Gasteiger partial charge < -0.3 is 10.2 Å². The van der Waals surface area contributed by atoms with Gasteiger partial charge in [0.15, 0.2) is 0 Å². The largest absolute Gasteiger partial charge is 0.315 e. The van der Waals surface area contributed by atoms with Crippen molar-refractivity contribution in [2.24, 2.45) is 0 Å². The first-order valence-electron chi connectivity index (χ1n) is 5.71. The molecule has 0 aliphatic carbocycles. The molecule has 2 heterocycles. The number of aryl methyl sites for hydroxylation is 1. The summed E-state index contributed by atoms with van der Waals surface area (Å²) < 4.78 is 0. The second-order valence-corrected chi connectivity index (χ2v) is 5.22. The molecule has 17 heavy (non-hydrogen) atoms. The third-order valence-corrected chi connectivity index (χ3v) is 3.72. The van der Waals surface area contributed by atoms with E-state index in [1.165, 1.54) is 11.3 Å². The summed E-state index contributed by atoms with van der Waals surface area (Å²) in [5.74, 6) is 0. The number of benzene rings is 1. The number of nitrogens with one attached hydrogen (secondary N) is 1. The average Bonchev–Trinajstić information content (AvgIpc) is 2.66. The van der Waals surface area contributed by atoms with Gasteiger partial charge in [-0.3, -0.25) is 0 Å². The van der Waals surface area contributed by atoms with E-state index in [-0.39, 0.29) is 0 Å². The highest BCUT2D eigenvalue weighted by Crippen LogP contribution is 2.31. The maximum atomic E-state index is 4.25. The highest BCUT2D eigenvalue weighted by atomic mass is 32.1. The van der Waals surface area contributed by atoms with Crippen molar-refractivity contribution in [1.82, 2.24) is 15.5 Å². The van der Waals surface area contributed by atoms with Crippen molar-refractivity contribution < 1.29 is 0 Å². The van der Waals surface area contributed by atoms with Gasteiger partial charge in [-0.15, -0.1) is 10.2 Å². The van der Waals surface area contributed by atoms with Crippen molar-refractivity contribution in [3.8, 4) is 0 Å². The van der Waals surface area contributed by atoms with Crippen molar-refractivity contribution in [1.29, 1.82) is 0 Å². The zero-order chi connectivity index (χ0) is 11.7. The number of rotatable bonds is 1. The van der Waals surface area contributed by atoms with E-state index >= 15 is 0 Å². The Bertz CT molecular complexity index is 523. The SMILES string of the molecule is Cc1nnc(N2CCNCc3ccccc32)s1. The van der Waals surface area contributed by atoms with Gasteiger partial charge in [0.25, 0.3) is 0 Å². The van der Waals surface area contributed by atoms with Gasteiger partial charge in [-0.05, 0) is 18.6 Å². The minimum Gasteiger partial charge on any atom is -0.315 e. The minimum atomic E-state index is 0.921. The smallest absolute Gasteiger partial charge is 0.212 e. The molecule has 0 saturated heterocycles. The summed E-state index contributed by atoms with van der Waals surface area (Å²) in [4.78, 5) is 2.25. The molecule has 4 nitrogen and oxygen atoms in total. The molecule has 1 aliphatic heterocycles. The van der Waals surface area contributed by atoms with E-state index in [1.807, 2.05) is 6.92 Å². The summed E-state index contributed by atoms with van der Waals surface area (Å²) >= 11 is 1.64. The lowest BCUT2D eigenvalue weighted by Crippen LogP contribution is -2.24. The third-order valence-electron chi connectivity index (χ3n) is 2.86. The molecular formula is C12H14N4S. The van der Waals surface area contributed by atoms with Gasteiger partial charge in [-0.2, -0.15) is 0 Å². The van der Waals surface area contributed by atoms with Gasteiger partial charge in [0.2, 0.25) is 5.13 Å². The zero-order valence-electron chi connectivity index (χ0n) is 9.68. The summed E-state index contributed by atoms with van der Waals surface area (Å²) in [5, 5.41) is 13.8. The summed E-state index contributed by atoms with van der Waals surface area (Å²) in [7, 11) is 0. The molecule has 0 fully saturated rings. The standard InChI is InChI=1S/C12H14N4S/c1-9-14-15-12(17-9)16-7-6-13-8-10-4-2-3-5-11(10)16/h2-5,13H,6-8H2,1H3. The van der Waals surface area contributed by atoms with Crippen LogP contribution >= 0.6 is 11.3 Å². The summed E-state index contributed by atoms with van der Waals surface area (Å²) in [6, 6.07) is 8.47. The molecule has 3 rings (SSSR count). The Labute approximate surface area is 104 Å². The zero-order valence-corrected chi connectivity index (χ0v) is 10.5. The molecule has 1 aromatic heterocycles. The fourth-order valence-corrected chi connectivity index (χ4v) is 2.78. The van der Waals surface area contributed by atoms with Gasteiger partial charge in [-0.25, -0.2) is 0 Å². The molecule has 0 radical (unpaired) electrons. The number of para-hydroxylation sites is 1. The number of nitrogens with zero attached hydrogens (tertiary/aromatic N) is 3. The van der Waals surface area contributed by atoms with E-state index in [4.69, 9.17) is 0 Å². The van der Waals surface area contributed by atoms with E-state index in [9.17, 15) is 0 Å². The Morgan fingerprint density at radius 1 is 1.29 bits per heavy atom. The first kappa shape index (κ1) is 10.7. The number of aromatic nitrogens is 2. The number of hydrogen-bond acceptors (Lipinski definition) is 5. The van der Waals surface area contributed by atoms with E-state index < -0.39 is 0 Å². The summed E-state index contributed by atoms with van der Waals surface area (Å²) in [6.07, 6.45) is 0. The van der Waals surface area contributed by atoms with Crippen LogP contribution in [0.1, 0.15) is 10.6 Å². The molecule has 1 aliphatic rings. The maximum absolute atomic E-state index is 4.25. The molecule has 0 atom stereocenters. The van der Waals surface area contributed by atoms with Crippen LogP contribution in [0.2, 0.25) is 0 Å². The van der Waals surface area contributed by atoms with Crippen LogP contribution in [-0.2, 0) is 6.54 Å². The van der Waals surface area contributed by atoms with Gasteiger partial charge in [0, 0.05) is 25.3 Å². The monoisotopic (exact) mass is 246 g/mol. The van der Waals surface area contributed by atoms with Gasteiger partial charge >= 0.3 is 0 Å². The van der Waals surface area contributed by atoms with Gasteiger partial charge in [-0.1, -0.05) is 29.5 Å². The summed E-state index contributed by atoms with van der Waals surface area (Å²) in [5.41, 5.74) is 2.56. The normalized spacial score (nSPS) is 15.5. The molecule has 88 valence electrons. The Morgan fingerprint density at radius 3 is 3.00 bits per heavy atom. The molecular weight excluding hydrogens is 232 g/mol. The Hall–Kier alpha value is -1.46. The van der Waals surface area contributed by atoms with Crippen molar-refractivity contribution in [2.75, 3.05) is 18.0 Å². The lowest BCUT2D eigenvalue weighted by atomic mass is 10.1. The van der Waals surface area contributed by atoms with Crippen molar-refractivity contribution in [3.63, 3.8) is 0 Å². The average molecular weight is 246 g/mol. The molecule has 0 saturated carbocycles. The predicted molar refractivity (Wildman–Crippen MR) is 69.8 cm³/mol. The van der Waals surface area contributed by atoms with Crippen LogP contribution in [-0.4, -0.2) is 23.3 Å². The van der Waals surface area contributed by atoms with E-state index in [0.29, 0.717) is 0 Å². The second kappa shape index (κ2) is 4.43. The Kier molecular flexibility index (Phi) is 2.78. The number of hydrogen-bond donors (Lipinski definition) is 1. The predicted octanol–water partition coefficient (Wildman–Crippen LogP) is 2.09. The quantitative estimate of drug-likeness (QED) is 0.836. The van der Waals surface area contributed by atoms with Crippen LogP contribution in [0.5, 0.6) is 0 Å². The van der Waals surface area contributed by atoms with Crippen molar-refractivity contribution in [3.05, 3.63) is 34.8 Å². The van der Waals surface area contributed by atoms with Crippen molar-refractivity contribution >= 4 is 22.2 Å². The number of anilines is 2. The van der Waals surface area contributed by atoms with Crippen molar-refractivity contribution in [2.45, 2.75) is 13.5 Å². The fourth-order valence-electron chi connectivity index (χ4n) is 2.05. The highest BCUT2D eigenvalue weighted by Gasteiger charge is 2.18. The van der Waals surface area contributed by atoms with Crippen LogP contribution in [0.25, 0.3) is 0 Å². The van der Waals surface area contributed by atoms with Gasteiger partial charge in [0.05, 0.1) is 0 Å². The number of fused-ring (bicyclic) bond motifs is 1. The third kappa shape index (κ3) is 2.03. The van der Waals surface area contributed by atoms with Crippen LogP contribution in [0.4, 0.5) is 10.8 Å². The Morgan fingerprint density at radius 2 is 2.18 bits per heavy atom. The Balaban J connectivity index is 2.05. The topological polar surface area (TPSA) is 41.1 Å². The lowest BCUT2D eigenvalue weighted by Gasteiger charge is -2.20. The molecule has 1 N–H and O–H groups in total. The van der Waals surface area contributed by atoms with Crippen LogP contribution in [0.15, 0.2) is 24.3 Å². The van der Waals surface area contributed by atoms with Crippen LogP contribution < -0.4 is 10.2 Å². The molecule has 1 aromatic carbocycles. The fraction of sp³-hybridized carbons (Fsp3) is 0.333. The van der Waals surface area contributed by atoms with E-state index in [2.05, 4.69) is 44.7 Å². The summed E-state index contributed by atoms with van der Waals surface area (Å²) in [6.45, 7) is 4.81. The molecule has 2 aromatic rings. The first-order chi connectivity index (χ1) is 8.34. The molecule has 5 heteroatoms. The first-order valence-corrected chi connectivity index (χ1v) is 6.52. The van der Waals surface area contributed by atoms with Gasteiger partial charge in [0.1, 0.15) is 5.01 Å². The highest BCUT2D eigenvalue weighted by molar-refractivity contribution is 7.15. The van der Waals surface area contributed by atoms with Crippen LogP contribution in [0.3, 0.4) is 0 Å². The van der Waals surface area contributed by atoms with E-state index in [1.54, 1.807) is 11.3 Å². The molecule has 0 spiro atoms. The lowest BCUT2D eigenvalue weighted by molar-refractivity contribution is 0.711. The van der Waals surface area contributed by atoms with Crippen LogP contribution in [0, 0.1) is 6.92 Å². The molecule has 0 unspecified atom stereocenters. The molecule has 0 amide bonds. The molecule has 0 bridgehead atoms. The second-order valence-electron chi connectivity index (χ2n) is 4.06. The van der Waals surface area contributed by atoms with E-state index in [0.717, 1.165) is 29.8 Å².